The van der Waals surface area contributed by atoms with Crippen molar-refractivity contribution < 1.29 is 0 Å². The van der Waals surface area contributed by atoms with Gasteiger partial charge in [-0.15, -0.1) is 24.8 Å². The van der Waals surface area contributed by atoms with Crippen molar-refractivity contribution in [3.63, 3.8) is 0 Å². The molecule has 0 bridgehead atoms. The van der Waals surface area contributed by atoms with Crippen LogP contribution >= 0.6 is 24.8 Å². The molecule has 0 atom stereocenters. The number of hydrogen-bond acceptors (Lipinski definition) is 4. The van der Waals surface area contributed by atoms with Crippen LogP contribution in [0.25, 0.3) is 0 Å². The van der Waals surface area contributed by atoms with Gasteiger partial charge in [0.2, 0.25) is 0 Å². The van der Waals surface area contributed by atoms with Gasteiger partial charge in [0.25, 0.3) is 0 Å². The van der Waals surface area contributed by atoms with Crippen LogP contribution < -0.4 is 16.4 Å². The number of para-hydroxylation sites is 1. The largest absolute Gasteiger partial charge is 0.383 e. The molecule has 0 saturated carbocycles. The van der Waals surface area contributed by atoms with E-state index >= 15 is 0 Å². The Hall–Kier alpha value is -0.970. The predicted octanol–water partition coefficient (Wildman–Crippen LogP) is 1.74. The highest BCUT2D eigenvalue weighted by Crippen LogP contribution is 2.31. The minimum Gasteiger partial charge on any atom is -0.383 e. The summed E-state index contributed by atoms with van der Waals surface area (Å²) < 4.78 is 0. The van der Waals surface area contributed by atoms with Crippen LogP contribution in [0.15, 0.2) is 29.3 Å². The molecule has 0 amide bonds. The van der Waals surface area contributed by atoms with E-state index in [2.05, 4.69) is 21.7 Å². The Balaban J connectivity index is 0.000000810. The lowest BCUT2D eigenvalue weighted by molar-refractivity contribution is 0.349. The molecule has 2 aliphatic heterocycles. The molecule has 1 fully saturated rings. The first-order valence-corrected chi connectivity index (χ1v) is 5.73. The summed E-state index contributed by atoms with van der Waals surface area (Å²) >= 11 is 0. The van der Waals surface area contributed by atoms with Crippen LogP contribution in [-0.4, -0.2) is 24.6 Å². The van der Waals surface area contributed by atoms with Crippen molar-refractivity contribution in [2.24, 2.45) is 10.7 Å². The third kappa shape index (κ3) is 2.55. The lowest BCUT2D eigenvalue weighted by Gasteiger charge is -2.39. The Morgan fingerprint density at radius 1 is 1.11 bits per heavy atom. The molecule has 4 N–H and O–H groups in total. The van der Waals surface area contributed by atoms with Gasteiger partial charge in [0.15, 0.2) is 0 Å². The van der Waals surface area contributed by atoms with E-state index < -0.39 is 0 Å². The van der Waals surface area contributed by atoms with Crippen molar-refractivity contribution in [3.8, 4) is 0 Å². The second-order valence-corrected chi connectivity index (χ2v) is 4.45. The fourth-order valence-corrected chi connectivity index (χ4v) is 2.46. The Bertz CT molecular complexity index is 441. The molecular weight excluding hydrogens is 271 g/mol. The zero-order valence-corrected chi connectivity index (χ0v) is 11.6. The third-order valence-corrected chi connectivity index (χ3v) is 3.34. The van der Waals surface area contributed by atoms with E-state index in [1.54, 1.807) is 0 Å². The number of fused-ring (bicyclic) bond motifs is 1. The van der Waals surface area contributed by atoms with Crippen LogP contribution in [0, 0.1) is 0 Å². The summed E-state index contributed by atoms with van der Waals surface area (Å²) in [7, 11) is 0. The Morgan fingerprint density at radius 3 is 2.50 bits per heavy atom. The van der Waals surface area contributed by atoms with Crippen LogP contribution in [0.1, 0.15) is 18.4 Å². The van der Waals surface area contributed by atoms with Gasteiger partial charge >= 0.3 is 0 Å². The molecule has 1 aromatic rings. The Labute approximate surface area is 119 Å². The molecule has 1 saturated heterocycles. The standard InChI is InChI=1S/C12H16N4.2ClH/c13-11-9-3-1-2-4-10(9)15-12(16-11)5-7-14-8-6-12;;/h1-4,14-15H,5-8H2,(H2,13,16);2*1H. The number of nitrogens with zero attached hydrogens (tertiary/aromatic N) is 1. The quantitative estimate of drug-likeness (QED) is 0.682. The number of hydrogen-bond donors (Lipinski definition) is 3. The fourth-order valence-electron chi connectivity index (χ4n) is 2.46. The average Bonchev–Trinajstić information content (AvgIpc) is 2.30. The second-order valence-electron chi connectivity index (χ2n) is 4.45. The highest BCUT2D eigenvalue weighted by Gasteiger charge is 2.35. The zero-order chi connectivity index (χ0) is 11.0. The van der Waals surface area contributed by atoms with E-state index in [0.29, 0.717) is 5.84 Å². The molecule has 2 heterocycles. The molecule has 3 rings (SSSR count). The van der Waals surface area contributed by atoms with Gasteiger partial charge in [0, 0.05) is 24.1 Å². The summed E-state index contributed by atoms with van der Waals surface area (Å²) in [5, 5.41) is 6.88. The number of aliphatic imine (C=N–C) groups is 1. The summed E-state index contributed by atoms with van der Waals surface area (Å²) in [6, 6.07) is 8.10. The van der Waals surface area contributed by atoms with E-state index in [0.717, 1.165) is 37.2 Å². The van der Waals surface area contributed by atoms with Gasteiger partial charge in [0.1, 0.15) is 11.5 Å². The molecule has 100 valence electrons. The number of nitrogens with one attached hydrogen (secondary N) is 2. The topological polar surface area (TPSA) is 62.4 Å². The highest BCUT2D eigenvalue weighted by molar-refractivity contribution is 6.04. The third-order valence-electron chi connectivity index (χ3n) is 3.34. The molecule has 0 unspecified atom stereocenters. The van der Waals surface area contributed by atoms with E-state index in [9.17, 15) is 0 Å². The van der Waals surface area contributed by atoms with Crippen LogP contribution in [0.2, 0.25) is 0 Å². The molecule has 1 spiro atoms. The molecule has 6 heteroatoms. The first kappa shape index (κ1) is 15.1. The lowest BCUT2D eigenvalue weighted by Crippen LogP contribution is -2.49. The molecular formula is C12H18Cl2N4. The number of rotatable bonds is 0. The first-order chi connectivity index (χ1) is 7.79. The number of nitrogens with two attached hydrogens (primary N) is 1. The summed E-state index contributed by atoms with van der Waals surface area (Å²) in [4.78, 5) is 4.66. The lowest BCUT2D eigenvalue weighted by atomic mass is 9.95. The van der Waals surface area contributed by atoms with Gasteiger partial charge < -0.3 is 16.4 Å². The van der Waals surface area contributed by atoms with Crippen molar-refractivity contribution >= 4 is 36.3 Å². The molecule has 18 heavy (non-hydrogen) atoms. The number of benzene rings is 1. The van der Waals surface area contributed by atoms with Gasteiger partial charge in [-0.05, 0) is 25.2 Å². The summed E-state index contributed by atoms with van der Waals surface area (Å²) in [6.07, 6.45) is 1.98. The van der Waals surface area contributed by atoms with Crippen molar-refractivity contribution in [1.82, 2.24) is 5.32 Å². The van der Waals surface area contributed by atoms with Gasteiger partial charge in [-0.2, -0.15) is 0 Å². The maximum Gasteiger partial charge on any atom is 0.134 e. The Kier molecular flexibility index (Phi) is 4.85. The zero-order valence-electron chi connectivity index (χ0n) is 9.98. The molecule has 2 aliphatic rings. The normalized spacial score (nSPS) is 19.7. The van der Waals surface area contributed by atoms with E-state index in [1.807, 2.05) is 18.2 Å². The molecule has 0 aliphatic carbocycles. The van der Waals surface area contributed by atoms with Crippen molar-refractivity contribution in [2.45, 2.75) is 18.5 Å². The van der Waals surface area contributed by atoms with Gasteiger partial charge in [-0.3, -0.25) is 0 Å². The van der Waals surface area contributed by atoms with E-state index in [-0.39, 0.29) is 30.5 Å². The van der Waals surface area contributed by atoms with Crippen LogP contribution in [-0.2, 0) is 0 Å². The predicted molar refractivity (Wildman–Crippen MR) is 80.1 cm³/mol. The van der Waals surface area contributed by atoms with Crippen LogP contribution in [0.5, 0.6) is 0 Å². The fraction of sp³-hybridized carbons (Fsp3) is 0.417. The second kappa shape index (κ2) is 5.78. The van der Waals surface area contributed by atoms with E-state index in [1.165, 1.54) is 0 Å². The maximum absolute atomic E-state index is 6.04. The molecule has 1 aromatic carbocycles. The van der Waals surface area contributed by atoms with Crippen molar-refractivity contribution in [2.75, 3.05) is 18.4 Å². The summed E-state index contributed by atoms with van der Waals surface area (Å²) in [5.74, 6) is 0.663. The number of amidine groups is 1. The van der Waals surface area contributed by atoms with Crippen molar-refractivity contribution in [3.05, 3.63) is 29.8 Å². The first-order valence-electron chi connectivity index (χ1n) is 5.73. The van der Waals surface area contributed by atoms with Crippen LogP contribution in [0.4, 0.5) is 5.69 Å². The minimum atomic E-state index is -0.177. The SMILES string of the molecule is Cl.Cl.NC1=NC2(CCNCC2)Nc2ccccc21. The number of halogens is 2. The van der Waals surface area contributed by atoms with Crippen molar-refractivity contribution in [1.29, 1.82) is 0 Å². The smallest absolute Gasteiger partial charge is 0.134 e. The average molecular weight is 289 g/mol. The van der Waals surface area contributed by atoms with E-state index in [4.69, 9.17) is 5.73 Å². The number of anilines is 1. The van der Waals surface area contributed by atoms with Gasteiger partial charge in [-0.25, -0.2) is 4.99 Å². The minimum absolute atomic E-state index is 0. The highest BCUT2D eigenvalue weighted by atomic mass is 35.5. The van der Waals surface area contributed by atoms with Crippen LogP contribution in [0.3, 0.4) is 0 Å². The molecule has 0 radical (unpaired) electrons. The monoisotopic (exact) mass is 288 g/mol. The summed E-state index contributed by atoms with van der Waals surface area (Å²) in [5.41, 5.74) is 7.99. The number of piperidine rings is 1. The van der Waals surface area contributed by atoms with Gasteiger partial charge in [0.05, 0.1) is 0 Å². The van der Waals surface area contributed by atoms with Gasteiger partial charge in [-0.1, -0.05) is 12.1 Å². The maximum atomic E-state index is 6.04. The summed E-state index contributed by atoms with van der Waals surface area (Å²) in [6.45, 7) is 1.98. The Morgan fingerprint density at radius 2 is 1.78 bits per heavy atom. The molecule has 0 aromatic heterocycles. The molecule has 4 nitrogen and oxygen atoms in total.